The summed E-state index contributed by atoms with van der Waals surface area (Å²) < 4.78 is 37.0. The van der Waals surface area contributed by atoms with Crippen molar-refractivity contribution in [1.29, 1.82) is 0 Å². The SMILES string of the molecule is CN(CC(F)(F)F)C(=O)c1cc(Br)cnc1NN. The molecule has 0 unspecified atom stereocenters. The Morgan fingerprint density at radius 1 is 1.61 bits per heavy atom. The van der Waals surface area contributed by atoms with E-state index in [0.29, 0.717) is 9.37 Å². The molecule has 5 nitrogen and oxygen atoms in total. The van der Waals surface area contributed by atoms with Gasteiger partial charge in [-0.05, 0) is 22.0 Å². The van der Waals surface area contributed by atoms with E-state index in [9.17, 15) is 18.0 Å². The summed E-state index contributed by atoms with van der Waals surface area (Å²) in [5.41, 5.74) is 2.12. The highest BCUT2D eigenvalue weighted by atomic mass is 79.9. The average molecular weight is 327 g/mol. The van der Waals surface area contributed by atoms with Crippen LogP contribution in [-0.4, -0.2) is 35.6 Å². The molecule has 1 aromatic rings. The number of alkyl halides is 3. The number of hydrogen-bond acceptors (Lipinski definition) is 4. The molecule has 1 rings (SSSR count). The lowest BCUT2D eigenvalue weighted by atomic mass is 10.2. The second kappa shape index (κ2) is 5.53. The highest BCUT2D eigenvalue weighted by molar-refractivity contribution is 9.10. The van der Waals surface area contributed by atoms with Crippen molar-refractivity contribution in [3.8, 4) is 0 Å². The third-order valence-electron chi connectivity index (χ3n) is 1.98. The molecule has 0 aliphatic rings. The van der Waals surface area contributed by atoms with Gasteiger partial charge in [0.15, 0.2) is 5.82 Å². The number of nitrogen functional groups attached to an aromatic ring is 1. The highest BCUT2D eigenvalue weighted by Crippen LogP contribution is 2.21. The molecule has 1 heterocycles. The van der Waals surface area contributed by atoms with Gasteiger partial charge in [0, 0.05) is 17.7 Å². The molecule has 0 aromatic carbocycles. The van der Waals surface area contributed by atoms with Gasteiger partial charge >= 0.3 is 6.18 Å². The van der Waals surface area contributed by atoms with Crippen molar-refractivity contribution in [1.82, 2.24) is 9.88 Å². The van der Waals surface area contributed by atoms with E-state index in [1.807, 2.05) is 0 Å². The van der Waals surface area contributed by atoms with Gasteiger partial charge in [-0.25, -0.2) is 10.8 Å². The van der Waals surface area contributed by atoms with E-state index in [-0.39, 0.29) is 11.4 Å². The molecule has 0 bridgehead atoms. The summed E-state index contributed by atoms with van der Waals surface area (Å²) in [6.45, 7) is -1.34. The molecule has 0 fully saturated rings. The number of rotatable bonds is 3. The first kappa shape index (κ1) is 14.7. The Balaban J connectivity index is 2.99. The minimum Gasteiger partial charge on any atom is -0.332 e. The summed E-state index contributed by atoms with van der Waals surface area (Å²) in [5.74, 6) is 4.33. The van der Waals surface area contributed by atoms with Gasteiger partial charge in [0.05, 0.1) is 5.56 Å². The van der Waals surface area contributed by atoms with Crippen molar-refractivity contribution in [2.75, 3.05) is 19.0 Å². The van der Waals surface area contributed by atoms with Gasteiger partial charge in [0.1, 0.15) is 6.54 Å². The summed E-state index contributed by atoms with van der Waals surface area (Å²) in [6, 6.07) is 1.34. The number of hydrogen-bond donors (Lipinski definition) is 2. The maximum atomic E-state index is 12.2. The summed E-state index contributed by atoms with van der Waals surface area (Å²) in [4.78, 5) is 16.2. The fraction of sp³-hybridized carbons (Fsp3) is 0.333. The van der Waals surface area contributed by atoms with Gasteiger partial charge in [0.25, 0.3) is 5.91 Å². The number of nitrogens with zero attached hydrogens (tertiary/aromatic N) is 2. The van der Waals surface area contributed by atoms with Crippen LogP contribution in [0.15, 0.2) is 16.7 Å². The Morgan fingerprint density at radius 2 is 2.22 bits per heavy atom. The predicted molar refractivity (Wildman–Crippen MR) is 62.8 cm³/mol. The van der Waals surface area contributed by atoms with Crippen molar-refractivity contribution in [3.63, 3.8) is 0 Å². The van der Waals surface area contributed by atoms with Crippen LogP contribution in [0.4, 0.5) is 19.0 Å². The second-order valence-electron chi connectivity index (χ2n) is 3.47. The fourth-order valence-electron chi connectivity index (χ4n) is 1.26. The van der Waals surface area contributed by atoms with E-state index in [0.717, 1.165) is 7.05 Å². The van der Waals surface area contributed by atoms with Crippen molar-refractivity contribution < 1.29 is 18.0 Å². The number of anilines is 1. The first-order chi connectivity index (χ1) is 8.24. The molecule has 100 valence electrons. The molecule has 18 heavy (non-hydrogen) atoms. The van der Waals surface area contributed by atoms with E-state index >= 15 is 0 Å². The fourth-order valence-corrected chi connectivity index (χ4v) is 1.59. The minimum absolute atomic E-state index is 0.0113. The standard InChI is InChI=1S/C9H10BrF3N4O/c1-17(4-9(11,12)13)8(18)6-2-5(10)3-15-7(6)16-14/h2-3H,4,14H2,1H3,(H,15,16). The molecule has 0 atom stereocenters. The van der Waals surface area contributed by atoms with Crippen molar-refractivity contribution in [3.05, 3.63) is 22.3 Å². The molecule has 0 saturated heterocycles. The van der Waals surface area contributed by atoms with E-state index < -0.39 is 18.6 Å². The number of aromatic nitrogens is 1. The molecule has 3 N–H and O–H groups in total. The van der Waals surface area contributed by atoms with E-state index in [2.05, 4.69) is 26.3 Å². The normalized spacial score (nSPS) is 11.2. The Labute approximate surface area is 109 Å². The Kier molecular flexibility index (Phi) is 4.52. The molecule has 9 heteroatoms. The maximum absolute atomic E-state index is 12.2. The van der Waals surface area contributed by atoms with Crippen LogP contribution in [0.1, 0.15) is 10.4 Å². The Morgan fingerprint density at radius 3 is 2.72 bits per heavy atom. The van der Waals surface area contributed by atoms with Crippen LogP contribution in [0, 0.1) is 0 Å². The molecule has 0 spiro atoms. The Bertz CT molecular complexity index is 452. The van der Waals surface area contributed by atoms with Gasteiger partial charge in [-0.1, -0.05) is 0 Å². The lowest BCUT2D eigenvalue weighted by Gasteiger charge is -2.20. The maximum Gasteiger partial charge on any atom is 0.406 e. The topological polar surface area (TPSA) is 71.2 Å². The zero-order valence-electron chi connectivity index (χ0n) is 9.25. The van der Waals surface area contributed by atoms with Gasteiger partial charge in [-0.15, -0.1) is 0 Å². The lowest BCUT2D eigenvalue weighted by molar-refractivity contribution is -0.138. The number of carbonyl (C=O) groups excluding carboxylic acids is 1. The van der Waals surface area contributed by atoms with Gasteiger partial charge in [-0.3, -0.25) is 4.79 Å². The monoisotopic (exact) mass is 326 g/mol. The van der Waals surface area contributed by atoms with Crippen LogP contribution in [-0.2, 0) is 0 Å². The molecule has 0 aliphatic heterocycles. The Hall–Kier alpha value is -1.35. The number of nitrogens with two attached hydrogens (primary N) is 1. The quantitative estimate of drug-likeness (QED) is 0.656. The largest absolute Gasteiger partial charge is 0.406 e. The van der Waals surface area contributed by atoms with Crippen LogP contribution in [0.3, 0.4) is 0 Å². The predicted octanol–water partition coefficient (Wildman–Crippen LogP) is 1.76. The molecule has 0 radical (unpaired) electrons. The van der Waals surface area contributed by atoms with Crippen molar-refractivity contribution in [2.24, 2.45) is 5.84 Å². The molecule has 1 amide bonds. The number of amides is 1. The van der Waals surface area contributed by atoms with Crippen molar-refractivity contribution >= 4 is 27.7 Å². The molecule has 0 aliphatic carbocycles. The smallest absolute Gasteiger partial charge is 0.332 e. The number of halogens is 4. The third kappa shape index (κ3) is 3.84. The van der Waals surface area contributed by atoms with Gasteiger partial charge in [-0.2, -0.15) is 13.2 Å². The number of pyridine rings is 1. The van der Waals surface area contributed by atoms with Crippen LogP contribution in [0.5, 0.6) is 0 Å². The van der Waals surface area contributed by atoms with Gasteiger partial charge < -0.3 is 10.3 Å². The summed E-state index contributed by atoms with van der Waals surface area (Å²) in [6.07, 6.45) is -3.09. The highest BCUT2D eigenvalue weighted by Gasteiger charge is 2.32. The number of hydrazine groups is 1. The van der Waals surface area contributed by atoms with Crippen molar-refractivity contribution in [2.45, 2.75) is 6.18 Å². The van der Waals surface area contributed by atoms with E-state index in [1.54, 1.807) is 0 Å². The minimum atomic E-state index is -4.46. The summed E-state index contributed by atoms with van der Waals surface area (Å²) in [5, 5.41) is 0. The first-order valence-corrected chi connectivity index (χ1v) is 5.48. The van der Waals surface area contributed by atoms with Crippen LogP contribution < -0.4 is 11.3 Å². The molecular formula is C9H10BrF3N4O. The van der Waals surface area contributed by atoms with E-state index in [4.69, 9.17) is 5.84 Å². The second-order valence-corrected chi connectivity index (χ2v) is 4.39. The zero-order chi connectivity index (χ0) is 13.9. The van der Waals surface area contributed by atoms with Gasteiger partial charge in [0.2, 0.25) is 0 Å². The summed E-state index contributed by atoms with van der Waals surface area (Å²) in [7, 11) is 1.05. The average Bonchev–Trinajstić information content (AvgIpc) is 2.25. The molecular weight excluding hydrogens is 317 g/mol. The third-order valence-corrected chi connectivity index (χ3v) is 2.42. The summed E-state index contributed by atoms with van der Waals surface area (Å²) >= 11 is 3.08. The van der Waals surface area contributed by atoms with E-state index in [1.165, 1.54) is 12.3 Å². The zero-order valence-corrected chi connectivity index (χ0v) is 10.8. The van der Waals surface area contributed by atoms with Crippen LogP contribution in [0.25, 0.3) is 0 Å². The number of carbonyl (C=O) groups is 1. The van der Waals surface area contributed by atoms with Crippen LogP contribution >= 0.6 is 15.9 Å². The van der Waals surface area contributed by atoms with Crippen LogP contribution in [0.2, 0.25) is 0 Å². The molecule has 0 saturated carbocycles. The first-order valence-electron chi connectivity index (χ1n) is 4.69. The lowest BCUT2D eigenvalue weighted by Crippen LogP contribution is -2.36. The molecule has 1 aromatic heterocycles. The number of nitrogens with one attached hydrogen (secondary N) is 1.